The van der Waals surface area contributed by atoms with Crippen LogP contribution in [0.15, 0.2) is 42.5 Å². The minimum absolute atomic E-state index is 0.0430. The van der Waals surface area contributed by atoms with Gasteiger partial charge < -0.3 is 19.7 Å². The fourth-order valence-corrected chi connectivity index (χ4v) is 4.01. The Balaban J connectivity index is 1.44. The van der Waals surface area contributed by atoms with E-state index in [0.29, 0.717) is 48.9 Å². The van der Waals surface area contributed by atoms with Gasteiger partial charge in [0.25, 0.3) is 5.91 Å². The number of nitrogens with zero attached hydrogens (tertiary/aromatic N) is 1. The van der Waals surface area contributed by atoms with E-state index < -0.39 is 0 Å². The van der Waals surface area contributed by atoms with Crippen LogP contribution < -0.4 is 14.8 Å². The highest BCUT2D eigenvalue weighted by Crippen LogP contribution is 2.28. The van der Waals surface area contributed by atoms with Crippen LogP contribution in [0.4, 0.5) is 0 Å². The summed E-state index contributed by atoms with van der Waals surface area (Å²) in [6, 6.07) is 13.6. The van der Waals surface area contributed by atoms with Crippen molar-refractivity contribution in [2.45, 2.75) is 51.5 Å². The number of ether oxygens (including phenoxy) is 2. The fraction of sp³-hybridized carbons (Fsp3) is 0.462. The average molecular weight is 439 g/mol. The van der Waals surface area contributed by atoms with Gasteiger partial charge in [-0.1, -0.05) is 32.0 Å². The number of carbonyl (C=O) groups excluding carboxylic acids is 2. The van der Waals surface area contributed by atoms with Crippen molar-refractivity contribution < 1.29 is 19.1 Å². The largest absolute Gasteiger partial charge is 0.493 e. The van der Waals surface area contributed by atoms with Crippen LogP contribution in [-0.4, -0.2) is 50.1 Å². The minimum Gasteiger partial charge on any atom is -0.493 e. The standard InChI is InChI=1S/C26H34N2O4/c1-18(2)20-7-9-21(10-8-20)26(30)27-22-13-15-28(16-14-22)25(29)12-6-19-5-11-23(31-3)24(17-19)32-4/h5,7-11,17-18,22H,6,12-16H2,1-4H3,(H,27,30). The molecule has 1 aliphatic heterocycles. The lowest BCUT2D eigenvalue weighted by molar-refractivity contribution is -0.132. The second-order valence-corrected chi connectivity index (χ2v) is 8.59. The number of hydrogen-bond donors (Lipinski definition) is 1. The SMILES string of the molecule is COc1ccc(CCC(=O)N2CCC(NC(=O)c3ccc(C(C)C)cc3)CC2)cc1OC. The van der Waals surface area contributed by atoms with Crippen molar-refractivity contribution in [2.24, 2.45) is 0 Å². The van der Waals surface area contributed by atoms with E-state index in [1.165, 1.54) is 5.56 Å². The number of nitrogens with one attached hydrogen (secondary N) is 1. The molecule has 2 amide bonds. The van der Waals surface area contributed by atoms with Gasteiger partial charge in [0, 0.05) is 31.1 Å². The zero-order valence-corrected chi connectivity index (χ0v) is 19.5. The van der Waals surface area contributed by atoms with E-state index >= 15 is 0 Å². The Kier molecular flexibility index (Phi) is 8.14. The predicted octanol–water partition coefficient (Wildman–Crippen LogP) is 4.18. The summed E-state index contributed by atoms with van der Waals surface area (Å²) in [6.45, 7) is 5.61. The molecular weight excluding hydrogens is 404 g/mol. The normalized spacial score (nSPS) is 14.3. The van der Waals surface area contributed by atoms with Crippen molar-refractivity contribution in [3.8, 4) is 11.5 Å². The van der Waals surface area contributed by atoms with Gasteiger partial charge in [0.15, 0.2) is 11.5 Å². The molecular formula is C26H34N2O4. The number of rotatable bonds is 8. The van der Waals surface area contributed by atoms with Crippen LogP contribution in [0.1, 0.15) is 60.5 Å². The molecule has 2 aromatic carbocycles. The number of methoxy groups -OCH3 is 2. The Hall–Kier alpha value is -3.02. The third kappa shape index (κ3) is 6.02. The van der Waals surface area contributed by atoms with Crippen LogP contribution >= 0.6 is 0 Å². The molecule has 0 saturated carbocycles. The van der Waals surface area contributed by atoms with E-state index in [1.54, 1.807) is 14.2 Å². The molecule has 3 rings (SSSR count). The molecule has 1 fully saturated rings. The highest BCUT2D eigenvalue weighted by molar-refractivity contribution is 5.94. The summed E-state index contributed by atoms with van der Waals surface area (Å²) in [7, 11) is 3.21. The van der Waals surface area contributed by atoms with E-state index in [9.17, 15) is 9.59 Å². The van der Waals surface area contributed by atoms with Crippen molar-refractivity contribution in [3.63, 3.8) is 0 Å². The minimum atomic E-state index is -0.0430. The Morgan fingerprint density at radius 2 is 1.66 bits per heavy atom. The average Bonchev–Trinajstić information content (AvgIpc) is 2.82. The maximum atomic E-state index is 12.7. The van der Waals surface area contributed by atoms with Crippen molar-refractivity contribution in [3.05, 3.63) is 59.2 Å². The molecule has 0 atom stereocenters. The van der Waals surface area contributed by atoms with Crippen molar-refractivity contribution in [1.82, 2.24) is 10.2 Å². The number of amides is 2. The summed E-state index contributed by atoms with van der Waals surface area (Å²) < 4.78 is 10.6. The van der Waals surface area contributed by atoms with Gasteiger partial charge in [0.2, 0.25) is 5.91 Å². The number of likely N-dealkylation sites (tertiary alicyclic amines) is 1. The van der Waals surface area contributed by atoms with E-state index in [1.807, 2.05) is 47.4 Å². The Morgan fingerprint density at radius 1 is 1.00 bits per heavy atom. The molecule has 0 spiro atoms. The molecule has 2 aromatic rings. The summed E-state index contributed by atoms with van der Waals surface area (Å²) in [5, 5.41) is 3.12. The zero-order chi connectivity index (χ0) is 23.1. The molecule has 6 heteroatoms. The molecule has 6 nitrogen and oxygen atoms in total. The molecule has 0 aromatic heterocycles. The second kappa shape index (κ2) is 11.0. The first kappa shape index (κ1) is 23.6. The third-order valence-electron chi connectivity index (χ3n) is 6.10. The fourth-order valence-electron chi connectivity index (χ4n) is 4.01. The van der Waals surface area contributed by atoms with Gasteiger partial charge in [0.1, 0.15) is 0 Å². The highest BCUT2D eigenvalue weighted by Gasteiger charge is 2.24. The first-order valence-corrected chi connectivity index (χ1v) is 11.3. The summed E-state index contributed by atoms with van der Waals surface area (Å²) >= 11 is 0. The van der Waals surface area contributed by atoms with E-state index in [0.717, 1.165) is 18.4 Å². The predicted molar refractivity (Wildman–Crippen MR) is 125 cm³/mol. The lowest BCUT2D eigenvalue weighted by atomic mass is 10.0. The van der Waals surface area contributed by atoms with Gasteiger partial charge >= 0.3 is 0 Å². The number of benzene rings is 2. The topological polar surface area (TPSA) is 67.9 Å². The van der Waals surface area contributed by atoms with Crippen LogP contribution in [0, 0.1) is 0 Å². The molecule has 0 aliphatic carbocycles. The van der Waals surface area contributed by atoms with E-state index in [2.05, 4.69) is 19.2 Å². The molecule has 32 heavy (non-hydrogen) atoms. The lowest BCUT2D eigenvalue weighted by Crippen LogP contribution is -2.46. The summed E-state index contributed by atoms with van der Waals surface area (Å²) in [6.07, 6.45) is 2.66. The zero-order valence-electron chi connectivity index (χ0n) is 19.5. The molecule has 1 N–H and O–H groups in total. The monoisotopic (exact) mass is 438 g/mol. The molecule has 1 heterocycles. The van der Waals surface area contributed by atoms with E-state index in [4.69, 9.17) is 9.47 Å². The van der Waals surface area contributed by atoms with Crippen LogP contribution in [0.2, 0.25) is 0 Å². The lowest BCUT2D eigenvalue weighted by Gasteiger charge is -2.32. The summed E-state index contributed by atoms with van der Waals surface area (Å²) in [4.78, 5) is 27.1. The number of carbonyl (C=O) groups is 2. The van der Waals surface area contributed by atoms with Crippen LogP contribution in [0.5, 0.6) is 11.5 Å². The number of hydrogen-bond acceptors (Lipinski definition) is 4. The van der Waals surface area contributed by atoms with Gasteiger partial charge in [-0.3, -0.25) is 9.59 Å². The second-order valence-electron chi connectivity index (χ2n) is 8.59. The first-order valence-electron chi connectivity index (χ1n) is 11.3. The third-order valence-corrected chi connectivity index (χ3v) is 6.10. The molecule has 0 radical (unpaired) electrons. The van der Waals surface area contributed by atoms with Gasteiger partial charge in [-0.2, -0.15) is 0 Å². The Labute approximate surface area is 190 Å². The Morgan fingerprint density at radius 3 is 2.25 bits per heavy atom. The van der Waals surface area contributed by atoms with E-state index in [-0.39, 0.29) is 17.9 Å². The molecule has 1 aliphatic rings. The van der Waals surface area contributed by atoms with Gasteiger partial charge in [-0.25, -0.2) is 0 Å². The van der Waals surface area contributed by atoms with Gasteiger partial charge in [-0.15, -0.1) is 0 Å². The Bertz CT molecular complexity index is 916. The van der Waals surface area contributed by atoms with Gasteiger partial charge in [0.05, 0.1) is 14.2 Å². The first-order chi connectivity index (χ1) is 15.4. The van der Waals surface area contributed by atoms with Crippen LogP contribution in [-0.2, 0) is 11.2 Å². The molecule has 0 unspecified atom stereocenters. The smallest absolute Gasteiger partial charge is 0.251 e. The summed E-state index contributed by atoms with van der Waals surface area (Å²) in [5.41, 5.74) is 2.95. The number of piperidine rings is 1. The quantitative estimate of drug-likeness (QED) is 0.671. The van der Waals surface area contributed by atoms with Crippen LogP contribution in [0.25, 0.3) is 0 Å². The summed E-state index contributed by atoms with van der Waals surface area (Å²) in [5.74, 6) is 1.91. The molecule has 0 bridgehead atoms. The maximum Gasteiger partial charge on any atom is 0.251 e. The van der Waals surface area contributed by atoms with Gasteiger partial charge in [-0.05, 0) is 60.6 Å². The van der Waals surface area contributed by atoms with Crippen molar-refractivity contribution in [1.29, 1.82) is 0 Å². The number of aryl methyl sites for hydroxylation is 1. The highest BCUT2D eigenvalue weighted by atomic mass is 16.5. The maximum absolute atomic E-state index is 12.7. The van der Waals surface area contributed by atoms with Crippen molar-refractivity contribution in [2.75, 3.05) is 27.3 Å². The van der Waals surface area contributed by atoms with Crippen molar-refractivity contribution >= 4 is 11.8 Å². The van der Waals surface area contributed by atoms with Crippen LogP contribution in [0.3, 0.4) is 0 Å². The molecule has 1 saturated heterocycles. The molecule has 172 valence electrons.